The van der Waals surface area contributed by atoms with Gasteiger partial charge in [0.1, 0.15) is 6.54 Å². The third-order valence-corrected chi connectivity index (χ3v) is 2.36. The molecule has 0 saturated carbocycles. The summed E-state index contributed by atoms with van der Waals surface area (Å²) in [6.07, 6.45) is 0.387. The summed E-state index contributed by atoms with van der Waals surface area (Å²) in [6.45, 7) is 2.07. The Morgan fingerprint density at radius 3 is 2.80 bits per heavy atom. The summed E-state index contributed by atoms with van der Waals surface area (Å²) in [7, 11) is 1.48. The third-order valence-electron chi connectivity index (χ3n) is 2.36. The molecule has 0 fully saturated rings. The summed E-state index contributed by atoms with van der Waals surface area (Å²) < 4.78 is 9.73. The summed E-state index contributed by atoms with van der Waals surface area (Å²) in [5.41, 5.74) is 0. The minimum atomic E-state index is -1.08. The molecule has 0 atom stereocenters. The summed E-state index contributed by atoms with van der Waals surface area (Å²) >= 11 is 0. The van der Waals surface area contributed by atoms with Crippen LogP contribution in [0.5, 0.6) is 0 Å². The van der Waals surface area contributed by atoms with Crippen LogP contribution in [0.4, 0.5) is 4.79 Å². The number of methoxy groups -OCH3 is 1. The van der Waals surface area contributed by atoms with E-state index in [-0.39, 0.29) is 26.2 Å². The second kappa shape index (κ2) is 8.10. The van der Waals surface area contributed by atoms with Crippen molar-refractivity contribution in [1.29, 1.82) is 0 Å². The number of hydrogen-bond acceptors (Lipinski definition) is 6. The zero-order valence-electron chi connectivity index (χ0n) is 11.5. The first-order valence-electron chi connectivity index (χ1n) is 6.05. The molecule has 0 unspecified atom stereocenters. The molecule has 0 saturated heterocycles. The molecule has 112 valence electrons. The van der Waals surface area contributed by atoms with Crippen molar-refractivity contribution in [2.24, 2.45) is 0 Å². The van der Waals surface area contributed by atoms with Gasteiger partial charge in [-0.2, -0.15) is 4.98 Å². The Morgan fingerprint density at radius 1 is 1.50 bits per heavy atom. The average molecular weight is 286 g/mol. The lowest BCUT2D eigenvalue weighted by Crippen LogP contribution is -2.44. The van der Waals surface area contributed by atoms with Crippen LogP contribution >= 0.6 is 0 Å². The van der Waals surface area contributed by atoms with Gasteiger partial charge in [0.2, 0.25) is 5.89 Å². The number of aliphatic carboxylic acids is 1. The number of aryl methyl sites for hydroxylation is 1. The third kappa shape index (κ3) is 5.65. The molecule has 9 nitrogen and oxygen atoms in total. The number of hydrogen-bond donors (Lipinski definition) is 2. The smallest absolute Gasteiger partial charge is 0.323 e. The van der Waals surface area contributed by atoms with Crippen LogP contribution in [0, 0.1) is 6.92 Å². The van der Waals surface area contributed by atoms with Gasteiger partial charge < -0.3 is 24.6 Å². The Labute approximate surface area is 115 Å². The van der Waals surface area contributed by atoms with Gasteiger partial charge in [0.25, 0.3) is 0 Å². The van der Waals surface area contributed by atoms with E-state index >= 15 is 0 Å². The molecule has 1 heterocycles. The lowest BCUT2D eigenvalue weighted by atomic mass is 10.4. The number of rotatable bonds is 8. The lowest BCUT2D eigenvalue weighted by Gasteiger charge is -2.20. The minimum Gasteiger partial charge on any atom is -0.480 e. The number of nitrogens with zero attached hydrogens (tertiary/aromatic N) is 3. The van der Waals surface area contributed by atoms with Gasteiger partial charge in [0, 0.05) is 26.6 Å². The number of ether oxygens (including phenoxy) is 1. The Kier molecular flexibility index (Phi) is 6.44. The van der Waals surface area contributed by atoms with E-state index in [2.05, 4.69) is 15.5 Å². The van der Waals surface area contributed by atoms with Gasteiger partial charge in [-0.3, -0.25) is 4.79 Å². The van der Waals surface area contributed by atoms with Crippen LogP contribution in [0.25, 0.3) is 0 Å². The molecule has 2 N–H and O–H groups in total. The van der Waals surface area contributed by atoms with Crippen molar-refractivity contribution >= 4 is 12.0 Å². The standard InChI is InChI=1S/C11H18N4O5/c1-8-13-9(20-14-8)3-4-12-11(18)15(5-6-19-2)7-10(16)17/h3-7H2,1-2H3,(H,12,18)(H,16,17). The van der Waals surface area contributed by atoms with Crippen molar-refractivity contribution < 1.29 is 24.0 Å². The number of carbonyl (C=O) groups excluding carboxylic acids is 1. The number of carbonyl (C=O) groups is 2. The number of carboxylic acids is 1. The van der Waals surface area contributed by atoms with Crippen molar-refractivity contribution in [3.8, 4) is 0 Å². The summed E-state index contributed by atoms with van der Waals surface area (Å²) in [5.74, 6) is -0.132. The maximum absolute atomic E-state index is 11.8. The highest BCUT2D eigenvalue weighted by Crippen LogP contribution is 1.96. The maximum atomic E-state index is 11.8. The first-order valence-corrected chi connectivity index (χ1v) is 6.05. The maximum Gasteiger partial charge on any atom is 0.323 e. The second-order valence-corrected chi connectivity index (χ2v) is 4.03. The molecule has 0 bridgehead atoms. The normalized spacial score (nSPS) is 10.3. The monoisotopic (exact) mass is 286 g/mol. The van der Waals surface area contributed by atoms with Crippen molar-refractivity contribution in [2.75, 3.05) is 33.4 Å². The molecule has 0 aliphatic carbocycles. The van der Waals surface area contributed by atoms with Gasteiger partial charge in [-0.05, 0) is 6.92 Å². The van der Waals surface area contributed by atoms with E-state index in [1.807, 2.05) is 0 Å². The molecular weight excluding hydrogens is 268 g/mol. The minimum absolute atomic E-state index is 0.203. The van der Waals surface area contributed by atoms with Crippen molar-refractivity contribution in [1.82, 2.24) is 20.4 Å². The lowest BCUT2D eigenvalue weighted by molar-refractivity contribution is -0.137. The molecule has 9 heteroatoms. The Balaban J connectivity index is 2.38. The first-order chi connectivity index (χ1) is 9.52. The van der Waals surface area contributed by atoms with E-state index in [0.717, 1.165) is 4.90 Å². The van der Waals surface area contributed by atoms with Crippen LogP contribution in [0.2, 0.25) is 0 Å². The number of amides is 2. The molecular formula is C11H18N4O5. The fourth-order valence-corrected chi connectivity index (χ4v) is 1.45. The highest BCUT2D eigenvalue weighted by molar-refractivity contribution is 5.80. The van der Waals surface area contributed by atoms with E-state index < -0.39 is 12.0 Å². The molecule has 0 aliphatic rings. The zero-order valence-corrected chi connectivity index (χ0v) is 11.5. The Hall–Kier alpha value is -2.16. The predicted molar refractivity (Wildman–Crippen MR) is 67.2 cm³/mol. The van der Waals surface area contributed by atoms with Gasteiger partial charge in [-0.1, -0.05) is 5.16 Å². The first kappa shape index (κ1) is 15.9. The Bertz CT molecular complexity index is 448. The number of urea groups is 1. The van der Waals surface area contributed by atoms with E-state index in [4.69, 9.17) is 14.4 Å². The van der Waals surface area contributed by atoms with Crippen molar-refractivity contribution in [3.63, 3.8) is 0 Å². The quantitative estimate of drug-likeness (QED) is 0.671. The Morgan fingerprint density at radius 2 is 2.25 bits per heavy atom. The largest absolute Gasteiger partial charge is 0.480 e. The highest BCUT2D eigenvalue weighted by atomic mass is 16.5. The van der Waals surface area contributed by atoms with Gasteiger partial charge in [-0.15, -0.1) is 0 Å². The van der Waals surface area contributed by atoms with E-state index in [0.29, 0.717) is 18.1 Å². The number of aromatic nitrogens is 2. The summed E-state index contributed by atoms with van der Waals surface area (Å²) in [6, 6.07) is -0.472. The van der Waals surface area contributed by atoms with Crippen LogP contribution in [0.1, 0.15) is 11.7 Å². The summed E-state index contributed by atoms with van der Waals surface area (Å²) in [5, 5.41) is 15.0. The molecule has 1 aromatic rings. The fraction of sp³-hybridized carbons (Fsp3) is 0.636. The van der Waals surface area contributed by atoms with Crippen molar-refractivity contribution in [2.45, 2.75) is 13.3 Å². The average Bonchev–Trinajstić information content (AvgIpc) is 2.79. The molecule has 1 rings (SSSR count). The molecule has 20 heavy (non-hydrogen) atoms. The molecule has 0 aliphatic heterocycles. The predicted octanol–water partition coefficient (Wildman–Crippen LogP) is -0.337. The van der Waals surface area contributed by atoms with E-state index in [1.165, 1.54) is 7.11 Å². The number of nitrogens with one attached hydrogen (secondary N) is 1. The van der Waals surface area contributed by atoms with Crippen LogP contribution in [0.3, 0.4) is 0 Å². The van der Waals surface area contributed by atoms with Gasteiger partial charge in [0.15, 0.2) is 5.82 Å². The molecule has 0 spiro atoms. The SMILES string of the molecule is COCCN(CC(=O)O)C(=O)NCCc1nc(C)no1. The molecule has 1 aromatic heterocycles. The molecule has 0 radical (unpaired) electrons. The second-order valence-electron chi connectivity index (χ2n) is 4.03. The van der Waals surface area contributed by atoms with E-state index in [1.54, 1.807) is 6.92 Å². The van der Waals surface area contributed by atoms with Gasteiger partial charge in [0.05, 0.1) is 6.61 Å². The van der Waals surface area contributed by atoms with Crippen LogP contribution in [0.15, 0.2) is 4.52 Å². The topological polar surface area (TPSA) is 118 Å². The number of carboxylic acid groups (broad SMARTS) is 1. The van der Waals surface area contributed by atoms with Crippen LogP contribution in [-0.4, -0.2) is 65.5 Å². The van der Waals surface area contributed by atoms with Gasteiger partial charge >= 0.3 is 12.0 Å². The highest BCUT2D eigenvalue weighted by Gasteiger charge is 2.16. The molecule has 0 aromatic carbocycles. The van der Waals surface area contributed by atoms with Crippen LogP contribution < -0.4 is 5.32 Å². The fourth-order valence-electron chi connectivity index (χ4n) is 1.45. The molecule has 2 amide bonds. The van der Waals surface area contributed by atoms with E-state index in [9.17, 15) is 9.59 Å². The summed E-state index contributed by atoms with van der Waals surface area (Å²) in [4.78, 5) is 27.6. The van der Waals surface area contributed by atoms with Crippen LogP contribution in [-0.2, 0) is 16.0 Å². The zero-order chi connectivity index (χ0) is 15.0. The van der Waals surface area contributed by atoms with Gasteiger partial charge in [-0.25, -0.2) is 4.79 Å². The van der Waals surface area contributed by atoms with Crippen molar-refractivity contribution in [3.05, 3.63) is 11.7 Å².